The molecule has 5 heteroatoms. The predicted octanol–water partition coefficient (Wildman–Crippen LogP) is 2.14. The molecule has 1 amide bonds. The summed E-state index contributed by atoms with van der Waals surface area (Å²) in [6, 6.07) is -0.0880. The lowest BCUT2D eigenvalue weighted by Crippen LogP contribution is -2.45. The maximum Gasteiger partial charge on any atom is 0.226 e. The second-order valence-corrected chi connectivity index (χ2v) is 6.49. The van der Waals surface area contributed by atoms with Gasteiger partial charge in [0.25, 0.3) is 0 Å². The number of piperidine rings is 1. The van der Waals surface area contributed by atoms with Crippen molar-refractivity contribution in [3.05, 3.63) is 16.1 Å². The minimum Gasteiger partial charge on any atom is -0.342 e. The largest absolute Gasteiger partial charge is 0.342 e. The molecule has 106 valence electrons. The van der Waals surface area contributed by atoms with Crippen LogP contribution in [0.25, 0.3) is 0 Å². The first-order valence-corrected chi connectivity index (χ1v) is 7.83. The number of aromatic nitrogens is 1. The quantitative estimate of drug-likeness (QED) is 0.923. The number of hydrogen-bond donors (Lipinski definition) is 1. The highest BCUT2D eigenvalue weighted by atomic mass is 32.1. The van der Waals surface area contributed by atoms with Gasteiger partial charge in [-0.3, -0.25) is 4.79 Å². The van der Waals surface area contributed by atoms with Crippen molar-refractivity contribution in [2.24, 2.45) is 11.7 Å². The monoisotopic (exact) mass is 281 g/mol. The van der Waals surface area contributed by atoms with Crippen molar-refractivity contribution in [2.45, 2.75) is 45.6 Å². The molecule has 0 aliphatic carbocycles. The minimum atomic E-state index is -0.100. The van der Waals surface area contributed by atoms with Crippen LogP contribution in [-0.2, 0) is 4.79 Å². The highest BCUT2D eigenvalue weighted by Gasteiger charge is 2.29. The Balaban J connectivity index is 2.03. The Hall–Kier alpha value is -0.940. The zero-order chi connectivity index (χ0) is 14.0. The Kier molecular flexibility index (Phi) is 4.58. The molecule has 2 heterocycles. The van der Waals surface area contributed by atoms with E-state index in [2.05, 4.69) is 10.4 Å². The van der Waals surface area contributed by atoms with Crippen molar-refractivity contribution in [1.29, 1.82) is 0 Å². The summed E-state index contributed by atoms with van der Waals surface area (Å²) in [6.45, 7) is 7.49. The number of nitrogens with two attached hydrogens (primary N) is 1. The second-order valence-electron chi connectivity index (χ2n) is 5.60. The van der Waals surface area contributed by atoms with Crippen molar-refractivity contribution >= 4 is 17.2 Å². The van der Waals surface area contributed by atoms with Crippen LogP contribution in [0.3, 0.4) is 0 Å². The average molecular weight is 281 g/mol. The van der Waals surface area contributed by atoms with Crippen LogP contribution in [0.1, 0.15) is 43.3 Å². The predicted molar refractivity (Wildman–Crippen MR) is 78.2 cm³/mol. The third-order valence-electron chi connectivity index (χ3n) is 3.90. The molecule has 1 aromatic heterocycles. The molecule has 0 radical (unpaired) electrons. The smallest absolute Gasteiger partial charge is 0.226 e. The van der Waals surface area contributed by atoms with Crippen LogP contribution in [-0.4, -0.2) is 34.9 Å². The third-order valence-corrected chi connectivity index (χ3v) is 5.02. The topological polar surface area (TPSA) is 59.2 Å². The summed E-state index contributed by atoms with van der Waals surface area (Å²) in [7, 11) is 0. The van der Waals surface area contributed by atoms with E-state index >= 15 is 0 Å². The number of rotatable bonds is 3. The SMILES string of the molecule is Cc1csc(C2CCCN(C(=O)C(C)C(C)N)C2)n1. The highest BCUT2D eigenvalue weighted by Crippen LogP contribution is 2.29. The summed E-state index contributed by atoms with van der Waals surface area (Å²) >= 11 is 1.71. The van der Waals surface area contributed by atoms with Crippen molar-refractivity contribution in [3.8, 4) is 0 Å². The van der Waals surface area contributed by atoms with Crippen LogP contribution in [0.2, 0.25) is 0 Å². The van der Waals surface area contributed by atoms with Gasteiger partial charge in [0.15, 0.2) is 0 Å². The van der Waals surface area contributed by atoms with Crippen molar-refractivity contribution in [1.82, 2.24) is 9.88 Å². The normalized spacial score (nSPS) is 23.2. The molecule has 0 aromatic carbocycles. The number of carbonyl (C=O) groups is 1. The molecule has 2 N–H and O–H groups in total. The molecule has 3 unspecified atom stereocenters. The van der Waals surface area contributed by atoms with Crippen LogP contribution < -0.4 is 5.73 Å². The fraction of sp³-hybridized carbons (Fsp3) is 0.714. The van der Waals surface area contributed by atoms with Gasteiger partial charge in [0, 0.05) is 36.1 Å². The Labute approximate surface area is 119 Å². The molecule has 19 heavy (non-hydrogen) atoms. The molecule has 1 aromatic rings. The lowest BCUT2D eigenvalue weighted by Gasteiger charge is -2.34. The van der Waals surface area contributed by atoms with Gasteiger partial charge in [-0.05, 0) is 26.7 Å². The van der Waals surface area contributed by atoms with Gasteiger partial charge in [0.2, 0.25) is 5.91 Å². The summed E-state index contributed by atoms with van der Waals surface area (Å²) in [6.07, 6.45) is 2.18. The van der Waals surface area contributed by atoms with E-state index in [0.717, 1.165) is 31.6 Å². The number of hydrogen-bond acceptors (Lipinski definition) is 4. The molecule has 2 rings (SSSR count). The molecule has 4 nitrogen and oxygen atoms in total. The van der Waals surface area contributed by atoms with Crippen molar-refractivity contribution < 1.29 is 4.79 Å². The van der Waals surface area contributed by atoms with E-state index in [0.29, 0.717) is 5.92 Å². The lowest BCUT2D eigenvalue weighted by molar-refractivity contribution is -0.136. The molecule has 1 aliphatic heterocycles. The van der Waals surface area contributed by atoms with Crippen molar-refractivity contribution in [3.63, 3.8) is 0 Å². The van der Waals surface area contributed by atoms with Gasteiger partial charge in [0.1, 0.15) is 0 Å². The number of thiazole rings is 1. The van der Waals surface area contributed by atoms with Gasteiger partial charge in [-0.25, -0.2) is 4.98 Å². The number of aryl methyl sites for hydroxylation is 1. The maximum absolute atomic E-state index is 12.4. The van der Waals surface area contributed by atoms with Gasteiger partial charge < -0.3 is 10.6 Å². The molecule has 0 bridgehead atoms. The van der Waals surface area contributed by atoms with Gasteiger partial charge >= 0.3 is 0 Å². The van der Waals surface area contributed by atoms with E-state index < -0.39 is 0 Å². The van der Waals surface area contributed by atoms with Gasteiger partial charge in [-0.1, -0.05) is 6.92 Å². The summed E-state index contributed by atoms with van der Waals surface area (Å²) in [5.41, 5.74) is 6.91. The average Bonchev–Trinajstić information content (AvgIpc) is 2.84. The third kappa shape index (κ3) is 3.34. The van der Waals surface area contributed by atoms with E-state index in [1.165, 1.54) is 5.01 Å². The summed E-state index contributed by atoms with van der Waals surface area (Å²) in [5.74, 6) is 0.487. The van der Waals surface area contributed by atoms with Gasteiger partial charge in [-0.15, -0.1) is 11.3 Å². The summed E-state index contributed by atoms with van der Waals surface area (Å²) in [5, 5.41) is 3.25. The number of likely N-dealkylation sites (tertiary alicyclic amines) is 1. The van der Waals surface area contributed by atoms with E-state index in [4.69, 9.17) is 5.73 Å². The summed E-state index contributed by atoms with van der Waals surface area (Å²) in [4.78, 5) is 18.9. The Morgan fingerprint density at radius 1 is 1.58 bits per heavy atom. The van der Waals surface area contributed by atoms with Crippen LogP contribution in [0.4, 0.5) is 0 Å². The number of amides is 1. The van der Waals surface area contributed by atoms with Crippen LogP contribution >= 0.6 is 11.3 Å². The Bertz CT molecular complexity index is 444. The zero-order valence-corrected chi connectivity index (χ0v) is 12.7. The molecule has 1 saturated heterocycles. The maximum atomic E-state index is 12.4. The molecule has 0 saturated carbocycles. The van der Waals surface area contributed by atoms with E-state index in [-0.39, 0.29) is 17.9 Å². The number of carbonyl (C=O) groups excluding carboxylic acids is 1. The van der Waals surface area contributed by atoms with Crippen LogP contribution in [0.5, 0.6) is 0 Å². The molecule has 0 spiro atoms. The molecular formula is C14H23N3OS. The molecule has 1 aliphatic rings. The highest BCUT2D eigenvalue weighted by molar-refractivity contribution is 7.09. The summed E-state index contributed by atoms with van der Waals surface area (Å²) < 4.78 is 0. The van der Waals surface area contributed by atoms with Crippen molar-refractivity contribution in [2.75, 3.05) is 13.1 Å². The first-order valence-electron chi connectivity index (χ1n) is 6.95. The molecule has 1 fully saturated rings. The zero-order valence-electron chi connectivity index (χ0n) is 11.9. The number of nitrogens with zero attached hydrogens (tertiary/aromatic N) is 2. The second kappa shape index (κ2) is 6.01. The van der Waals surface area contributed by atoms with Gasteiger partial charge in [0.05, 0.1) is 10.9 Å². The standard InChI is InChI=1S/C14H23N3OS/c1-9-8-19-13(16-9)12-5-4-6-17(7-12)14(18)10(2)11(3)15/h8,10-12H,4-7,15H2,1-3H3. The molecular weight excluding hydrogens is 258 g/mol. The van der Waals surface area contributed by atoms with Crippen LogP contribution in [0, 0.1) is 12.8 Å². The molecule has 3 atom stereocenters. The fourth-order valence-electron chi connectivity index (χ4n) is 2.45. The fourth-order valence-corrected chi connectivity index (χ4v) is 3.38. The first kappa shape index (κ1) is 14.5. The van der Waals surface area contributed by atoms with Gasteiger partial charge in [-0.2, -0.15) is 0 Å². The Morgan fingerprint density at radius 2 is 2.32 bits per heavy atom. The first-order chi connectivity index (χ1) is 8.99. The van der Waals surface area contributed by atoms with E-state index in [9.17, 15) is 4.79 Å². The van der Waals surface area contributed by atoms with E-state index in [1.54, 1.807) is 11.3 Å². The minimum absolute atomic E-state index is 0.0880. The lowest BCUT2D eigenvalue weighted by atomic mass is 9.96. The Morgan fingerprint density at radius 3 is 2.89 bits per heavy atom. The van der Waals surface area contributed by atoms with E-state index in [1.807, 2.05) is 25.7 Å². The van der Waals surface area contributed by atoms with Crippen LogP contribution in [0.15, 0.2) is 5.38 Å².